The standard InChI is InChI=1S/C18H13F3N2O3S2/c1-23(13-5-2-11(19)3-6-13)28(25,26)16-8-9-27-17(16)18(24)22-12-4-7-14(20)15(21)10-12/h2-10H,1H3,(H,22,24). The van der Waals surface area contributed by atoms with Crippen molar-refractivity contribution < 1.29 is 26.4 Å². The molecule has 1 N–H and O–H groups in total. The van der Waals surface area contributed by atoms with Gasteiger partial charge in [-0.15, -0.1) is 11.3 Å². The van der Waals surface area contributed by atoms with Crippen molar-refractivity contribution in [2.45, 2.75) is 4.90 Å². The average Bonchev–Trinajstić information content (AvgIpc) is 3.16. The van der Waals surface area contributed by atoms with Crippen LogP contribution >= 0.6 is 11.3 Å². The predicted molar refractivity (Wildman–Crippen MR) is 101 cm³/mol. The Bertz CT molecular complexity index is 1130. The van der Waals surface area contributed by atoms with Crippen LogP contribution in [0, 0.1) is 17.5 Å². The summed E-state index contributed by atoms with van der Waals surface area (Å²) in [6.45, 7) is 0. The number of amides is 1. The van der Waals surface area contributed by atoms with Crippen molar-refractivity contribution in [2.24, 2.45) is 0 Å². The molecule has 0 aliphatic rings. The minimum atomic E-state index is -4.12. The molecular formula is C18H13F3N2O3S2. The normalized spacial score (nSPS) is 11.3. The van der Waals surface area contributed by atoms with Gasteiger partial charge in [-0.1, -0.05) is 0 Å². The van der Waals surface area contributed by atoms with Crippen molar-refractivity contribution in [3.8, 4) is 0 Å². The molecule has 0 spiro atoms. The van der Waals surface area contributed by atoms with Crippen LogP contribution in [0.1, 0.15) is 9.67 Å². The molecule has 28 heavy (non-hydrogen) atoms. The van der Waals surface area contributed by atoms with Crippen molar-refractivity contribution in [2.75, 3.05) is 16.7 Å². The number of anilines is 2. The lowest BCUT2D eigenvalue weighted by atomic mass is 10.3. The highest BCUT2D eigenvalue weighted by Crippen LogP contribution is 2.29. The highest BCUT2D eigenvalue weighted by molar-refractivity contribution is 7.93. The Labute approximate surface area is 163 Å². The second-order valence-corrected chi connectivity index (χ2v) is 8.50. The molecule has 0 radical (unpaired) electrons. The molecule has 0 saturated carbocycles. The number of rotatable bonds is 5. The lowest BCUT2D eigenvalue weighted by Gasteiger charge is -2.19. The van der Waals surface area contributed by atoms with Crippen molar-refractivity contribution in [3.63, 3.8) is 0 Å². The third kappa shape index (κ3) is 3.87. The Morgan fingerprint density at radius 2 is 1.68 bits per heavy atom. The van der Waals surface area contributed by atoms with Gasteiger partial charge in [0.25, 0.3) is 15.9 Å². The minimum Gasteiger partial charge on any atom is -0.321 e. The first-order valence-corrected chi connectivity index (χ1v) is 10.1. The number of hydrogen-bond donors (Lipinski definition) is 1. The van der Waals surface area contributed by atoms with E-state index in [0.717, 1.165) is 46.0 Å². The molecular weight excluding hydrogens is 413 g/mol. The van der Waals surface area contributed by atoms with Crippen molar-refractivity contribution in [1.82, 2.24) is 0 Å². The predicted octanol–water partition coefficient (Wildman–Crippen LogP) is 4.24. The maximum atomic E-state index is 13.3. The lowest BCUT2D eigenvalue weighted by Crippen LogP contribution is -2.28. The Balaban J connectivity index is 1.90. The molecule has 1 aromatic heterocycles. The first-order chi connectivity index (χ1) is 13.2. The van der Waals surface area contributed by atoms with Crippen LogP contribution in [-0.4, -0.2) is 21.4 Å². The van der Waals surface area contributed by atoms with E-state index in [2.05, 4.69) is 5.32 Å². The molecule has 0 bridgehead atoms. The Hall–Kier alpha value is -2.85. The van der Waals surface area contributed by atoms with Gasteiger partial charge in [-0.05, 0) is 47.8 Å². The van der Waals surface area contributed by atoms with Gasteiger partial charge >= 0.3 is 0 Å². The highest BCUT2D eigenvalue weighted by Gasteiger charge is 2.28. The van der Waals surface area contributed by atoms with Crippen LogP contribution in [0.3, 0.4) is 0 Å². The van der Waals surface area contributed by atoms with E-state index in [0.29, 0.717) is 0 Å². The summed E-state index contributed by atoms with van der Waals surface area (Å²) in [6, 6.07) is 8.87. The number of sulfonamides is 1. The molecule has 10 heteroatoms. The van der Waals surface area contributed by atoms with Crippen LogP contribution < -0.4 is 9.62 Å². The van der Waals surface area contributed by atoms with Crippen molar-refractivity contribution in [1.29, 1.82) is 0 Å². The fraction of sp³-hybridized carbons (Fsp3) is 0.0556. The highest BCUT2D eigenvalue weighted by atomic mass is 32.2. The smallest absolute Gasteiger partial charge is 0.267 e. The quantitative estimate of drug-likeness (QED) is 0.664. The zero-order valence-corrected chi connectivity index (χ0v) is 16.0. The Morgan fingerprint density at radius 1 is 1.00 bits per heavy atom. The third-order valence-electron chi connectivity index (χ3n) is 3.84. The number of benzene rings is 2. The number of nitrogens with zero attached hydrogens (tertiary/aromatic N) is 1. The van der Waals surface area contributed by atoms with E-state index < -0.39 is 33.4 Å². The topological polar surface area (TPSA) is 66.5 Å². The summed E-state index contributed by atoms with van der Waals surface area (Å²) < 4.78 is 66.1. The number of carbonyl (C=O) groups is 1. The number of carbonyl (C=O) groups excluding carboxylic acids is 1. The van der Waals surface area contributed by atoms with Gasteiger partial charge in [0.05, 0.1) is 5.69 Å². The molecule has 0 unspecified atom stereocenters. The SMILES string of the molecule is CN(c1ccc(F)cc1)S(=O)(=O)c1ccsc1C(=O)Nc1ccc(F)c(F)c1. The van der Waals surface area contributed by atoms with E-state index in [1.165, 1.54) is 30.6 Å². The molecule has 0 saturated heterocycles. The van der Waals surface area contributed by atoms with Gasteiger partial charge in [-0.3, -0.25) is 9.10 Å². The molecule has 1 amide bonds. The lowest BCUT2D eigenvalue weighted by molar-refractivity contribution is 0.102. The van der Waals surface area contributed by atoms with Gasteiger partial charge in [0.15, 0.2) is 11.6 Å². The van der Waals surface area contributed by atoms with Crippen LogP contribution in [0.2, 0.25) is 0 Å². The molecule has 5 nitrogen and oxygen atoms in total. The van der Waals surface area contributed by atoms with Gasteiger partial charge in [-0.2, -0.15) is 0 Å². The number of thiophene rings is 1. The van der Waals surface area contributed by atoms with Crippen molar-refractivity contribution in [3.05, 3.63) is 76.2 Å². The number of hydrogen-bond acceptors (Lipinski definition) is 4. The van der Waals surface area contributed by atoms with Crippen LogP contribution in [0.15, 0.2) is 58.8 Å². The second kappa shape index (κ2) is 7.64. The Morgan fingerprint density at radius 3 is 2.32 bits per heavy atom. The molecule has 0 aliphatic heterocycles. The molecule has 3 aromatic rings. The molecule has 0 atom stereocenters. The van der Waals surface area contributed by atoms with Gasteiger partial charge in [-0.25, -0.2) is 21.6 Å². The summed E-state index contributed by atoms with van der Waals surface area (Å²) >= 11 is 0.880. The average molecular weight is 426 g/mol. The molecule has 1 heterocycles. The molecule has 2 aromatic carbocycles. The maximum Gasteiger partial charge on any atom is 0.267 e. The maximum absolute atomic E-state index is 13.3. The summed E-state index contributed by atoms with van der Waals surface area (Å²) in [5, 5.41) is 3.77. The van der Waals surface area contributed by atoms with Gasteiger partial charge < -0.3 is 5.32 Å². The zero-order chi connectivity index (χ0) is 20.5. The molecule has 0 fully saturated rings. The van der Waals surface area contributed by atoms with Crippen molar-refractivity contribution >= 4 is 38.6 Å². The summed E-state index contributed by atoms with van der Waals surface area (Å²) in [5.41, 5.74) is 0.187. The molecule has 0 aliphatic carbocycles. The van der Waals surface area contributed by atoms with Crippen LogP contribution in [-0.2, 0) is 10.0 Å². The van der Waals surface area contributed by atoms with E-state index in [1.54, 1.807) is 0 Å². The first-order valence-electron chi connectivity index (χ1n) is 7.78. The summed E-state index contributed by atoms with van der Waals surface area (Å²) in [5.74, 6) is -3.52. The van der Waals surface area contributed by atoms with Crippen LogP contribution in [0.25, 0.3) is 0 Å². The second-order valence-electron chi connectivity index (χ2n) is 5.65. The van der Waals surface area contributed by atoms with Crippen LogP contribution in [0.4, 0.5) is 24.5 Å². The number of halogens is 3. The minimum absolute atomic E-state index is 0.0208. The van der Waals surface area contributed by atoms with Crippen LogP contribution in [0.5, 0.6) is 0 Å². The summed E-state index contributed by atoms with van der Waals surface area (Å²) in [6.07, 6.45) is 0. The molecule has 3 rings (SSSR count). The van der Waals surface area contributed by atoms with E-state index in [-0.39, 0.29) is 21.1 Å². The van der Waals surface area contributed by atoms with Gasteiger partial charge in [0.1, 0.15) is 15.6 Å². The number of nitrogens with one attached hydrogen (secondary N) is 1. The summed E-state index contributed by atoms with van der Waals surface area (Å²) in [4.78, 5) is 12.1. The monoisotopic (exact) mass is 426 g/mol. The van der Waals surface area contributed by atoms with E-state index in [4.69, 9.17) is 0 Å². The van der Waals surface area contributed by atoms with Gasteiger partial charge in [0, 0.05) is 18.8 Å². The van der Waals surface area contributed by atoms with E-state index in [1.807, 2.05) is 0 Å². The largest absolute Gasteiger partial charge is 0.321 e. The van der Waals surface area contributed by atoms with E-state index in [9.17, 15) is 26.4 Å². The first kappa shape index (κ1) is 19.9. The summed E-state index contributed by atoms with van der Waals surface area (Å²) in [7, 11) is -2.84. The third-order valence-corrected chi connectivity index (χ3v) is 6.71. The Kier molecular flexibility index (Phi) is 5.43. The fourth-order valence-electron chi connectivity index (χ4n) is 2.37. The van der Waals surface area contributed by atoms with Gasteiger partial charge in [0.2, 0.25) is 0 Å². The molecule has 146 valence electrons. The zero-order valence-electron chi connectivity index (χ0n) is 14.3. The fourth-order valence-corrected chi connectivity index (χ4v) is 4.86. The van der Waals surface area contributed by atoms with E-state index >= 15 is 0 Å².